The molecule has 4 heteroatoms. The first-order valence-electron chi connectivity index (χ1n) is 5.81. The molecule has 0 saturated carbocycles. The number of nitrogens with zero attached hydrogens (tertiary/aromatic N) is 2. The molecular weight excluding hydrogens is 224 g/mol. The molecule has 3 N–H and O–H groups in total. The summed E-state index contributed by atoms with van der Waals surface area (Å²) in [5, 5.41) is 0. The zero-order valence-electron chi connectivity index (χ0n) is 10.4. The molecule has 0 atom stereocenters. The number of aromatic amines is 1. The number of fused-ring (bicyclic) bond motifs is 1. The number of pyridine rings is 1. The van der Waals surface area contributed by atoms with E-state index in [9.17, 15) is 0 Å². The highest BCUT2D eigenvalue weighted by atomic mass is 14.9. The van der Waals surface area contributed by atoms with Crippen LogP contribution in [0.1, 0.15) is 11.1 Å². The Bertz CT molecular complexity index is 728. The molecule has 2 heterocycles. The van der Waals surface area contributed by atoms with E-state index in [0.717, 1.165) is 22.4 Å². The number of aromatic nitrogens is 3. The second-order valence-corrected chi connectivity index (χ2v) is 4.57. The molecule has 0 saturated heterocycles. The zero-order chi connectivity index (χ0) is 12.7. The second kappa shape index (κ2) is 3.84. The molecule has 0 radical (unpaired) electrons. The number of rotatable bonds is 1. The number of nitrogens with one attached hydrogen (secondary N) is 1. The van der Waals surface area contributed by atoms with E-state index in [1.54, 1.807) is 12.4 Å². The van der Waals surface area contributed by atoms with Gasteiger partial charge in [0, 0.05) is 18.0 Å². The van der Waals surface area contributed by atoms with Crippen LogP contribution in [0, 0.1) is 13.8 Å². The molecule has 18 heavy (non-hydrogen) atoms. The van der Waals surface area contributed by atoms with E-state index >= 15 is 0 Å². The summed E-state index contributed by atoms with van der Waals surface area (Å²) >= 11 is 0. The van der Waals surface area contributed by atoms with Crippen LogP contribution < -0.4 is 5.73 Å². The predicted octanol–water partition coefficient (Wildman–Crippen LogP) is 2.82. The lowest BCUT2D eigenvalue weighted by Gasteiger charge is -1.96. The number of hydrogen-bond acceptors (Lipinski definition) is 3. The van der Waals surface area contributed by atoms with E-state index in [1.807, 2.05) is 6.07 Å². The largest absolute Gasteiger partial charge is 0.397 e. The van der Waals surface area contributed by atoms with Gasteiger partial charge in [-0.1, -0.05) is 6.07 Å². The Kier molecular flexibility index (Phi) is 2.30. The normalized spacial score (nSPS) is 11.0. The first-order valence-corrected chi connectivity index (χ1v) is 5.81. The molecule has 0 amide bonds. The number of benzene rings is 1. The van der Waals surface area contributed by atoms with Crippen LogP contribution in [0.2, 0.25) is 0 Å². The maximum absolute atomic E-state index is 5.74. The number of anilines is 1. The summed E-state index contributed by atoms with van der Waals surface area (Å²) in [5.74, 6) is 0.804. The minimum Gasteiger partial charge on any atom is -0.397 e. The maximum atomic E-state index is 5.74. The molecule has 1 aromatic carbocycles. The molecule has 0 unspecified atom stereocenters. The third kappa shape index (κ3) is 1.72. The molecule has 0 spiro atoms. The Balaban J connectivity index is 2.22. The highest BCUT2D eigenvalue weighted by molar-refractivity contribution is 5.83. The minimum absolute atomic E-state index is 0.640. The van der Waals surface area contributed by atoms with Gasteiger partial charge in [0.2, 0.25) is 0 Å². The van der Waals surface area contributed by atoms with Crippen molar-refractivity contribution in [1.82, 2.24) is 15.0 Å². The number of nitrogen functional groups attached to an aromatic ring is 1. The zero-order valence-corrected chi connectivity index (χ0v) is 10.4. The summed E-state index contributed by atoms with van der Waals surface area (Å²) in [5.41, 5.74) is 11.7. The van der Waals surface area contributed by atoms with Crippen molar-refractivity contribution >= 4 is 16.7 Å². The van der Waals surface area contributed by atoms with Crippen LogP contribution >= 0.6 is 0 Å². The van der Waals surface area contributed by atoms with Crippen LogP contribution in [0.4, 0.5) is 5.69 Å². The molecule has 3 aromatic rings. The van der Waals surface area contributed by atoms with Gasteiger partial charge < -0.3 is 10.7 Å². The Morgan fingerprint density at radius 2 is 1.94 bits per heavy atom. The lowest BCUT2D eigenvalue weighted by Crippen LogP contribution is -1.88. The average molecular weight is 238 g/mol. The molecule has 3 rings (SSSR count). The lowest BCUT2D eigenvalue weighted by molar-refractivity contribution is 1.27. The van der Waals surface area contributed by atoms with Crippen LogP contribution in [0.3, 0.4) is 0 Å². The average Bonchev–Trinajstić information content (AvgIpc) is 2.73. The van der Waals surface area contributed by atoms with Crippen molar-refractivity contribution < 1.29 is 0 Å². The third-order valence-corrected chi connectivity index (χ3v) is 2.95. The van der Waals surface area contributed by atoms with Crippen LogP contribution in [0.5, 0.6) is 0 Å². The molecule has 0 fully saturated rings. The summed E-state index contributed by atoms with van der Waals surface area (Å²) in [6.07, 6.45) is 3.39. The first kappa shape index (κ1) is 10.8. The topological polar surface area (TPSA) is 67.6 Å². The van der Waals surface area contributed by atoms with Gasteiger partial charge in [-0.05, 0) is 37.1 Å². The van der Waals surface area contributed by atoms with Crippen LogP contribution in [0.25, 0.3) is 22.4 Å². The highest BCUT2D eigenvalue weighted by Crippen LogP contribution is 2.24. The fraction of sp³-hybridized carbons (Fsp3) is 0.143. The molecule has 0 bridgehead atoms. The van der Waals surface area contributed by atoms with E-state index < -0.39 is 0 Å². The standard InChI is InChI=1S/C14H14N4/c1-8-3-9(2)13-12(4-8)17-14(18-13)10-5-11(15)7-16-6-10/h3-7H,15H2,1-2H3,(H,17,18). The lowest BCUT2D eigenvalue weighted by atomic mass is 10.1. The van der Waals surface area contributed by atoms with Crippen molar-refractivity contribution in [2.45, 2.75) is 13.8 Å². The fourth-order valence-corrected chi connectivity index (χ4v) is 2.19. The molecule has 2 aromatic heterocycles. The Morgan fingerprint density at radius 3 is 2.72 bits per heavy atom. The summed E-state index contributed by atoms with van der Waals surface area (Å²) in [6, 6.07) is 6.09. The van der Waals surface area contributed by atoms with Gasteiger partial charge in [-0.15, -0.1) is 0 Å². The number of hydrogen-bond donors (Lipinski definition) is 2. The Hall–Kier alpha value is -2.36. The smallest absolute Gasteiger partial charge is 0.140 e. The van der Waals surface area contributed by atoms with Gasteiger partial charge in [-0.3, -0.25) is 4.98 Å². The molecule has 90 valence electrons. The van der Waals surface area contributed by atoms with E-state index in [4.69, 9.17) is 5.73 Å². The minimum atomic E-state index is 0.640. The van der Waals surface area contributed by atoms with Gasteiger partial charge in [-0.2, -0.15) is 0 Å². The van der Waals surface area contributed by atoms with Crippen molar-refractivity contribution in [2.75, 3.05) is 5.73 Å². The van der Waals surface area contributed by atoms with E-state index in [-0.39, 0.29) is 0 Å². The molecule has 4 nitrogen and oxygen atoms in total. The maximum Gasteiger partial charge on any atom is 0.140 e. The van der Waals surface area contributed by atoms with Crippen LogP contribution in [0.15, 0.2) is 30.6 Å². The van der Waals surface area contributed by atoms with Crippen LogP contribution in [-0.2, 0) is 0 Å². The van der Waals surface area contributed by atoms with E-state index in [1.165, 1.54) is 11.1 Å². The Labute approximate surface area is 105 Å². The third-order valence-electron chi connectivity index (χ3n) is 2.95. The SMILES string of the molecule is Cc1cc(C)c2nc(-c3cncc(N)c3)[nH]c2c1. The number of H-pyrrole nitrogens is 1. The Morgan fingerprint density at radius 1 is 1.11 bits per heavy atom. The number of nitrogens with two attached hydrogens (primary N) is 1. The molecular formula is C14H14N4. The summed E-state index contributed by atoms with van der Waals surface area (Å²) in [6.45, 7) is 4.15. The van der Waals surface area contributed by atoms with E-state index in [2.05, 4.69) is 40.9 Å². The molecule has 0 aliphatic heterocycles. The van der Waals surface area contributed by atoms with Gasteiger partial charge in [0.1, 0.15) is 5.82 Å². The number of aryl methyl sites for hydroxylation is 2. The highest BCUT2D eigenvalue weighted by Gasteiger charge is 2.08. The molecule has 0 aliphatic carbocycles. The van der Waals surface area contributed by atoms with Gasteiger partial charge in [-0.25, -0.2) is 4.98 Å². The predicted molar refractivity (Wildman–Crippen MR) is 73.2 cm³/mol. The van der Waals surface area contributed by atoms with Crippen molar-refractivity contribution in [2.24, 2.45) is 0 Å². The van der Waals surface area contributed by atoms with Crippen molar-refractivity contribution in [3.05, 3.63) is 41.7 Å². The van der Waals surface area contributed by atoms with Gasteiger partial charge in [0.25, 0.3) is 0 Å². The van der Waals surface area contributed by atoms with E-state index in [0.29, 0.717) is 5.69 Å². The summed E-state index contributed by atoms with van der Waals surface area (Å²) in [7, 11) is 0. The second-order valence-electron chi connectivity index (χ2n) is 4.57. The summed E-state index contributed by atoms with van der Waals surface area (Å²) < 4.78 is 0. The van der Waals surface area contributed by atoms with Crippen molar-refractivity contribution in [3.63, 3.8) is 0 Å². The monoisotopic (exact) mass is 238 g/mol. The number of imidazole rings is 1. The van der Waals surface area contributed by atoms with Crippen LogP contribution in [-0.4, -0.2) is 15.0 Å². The van der Waals surface area contributed by atoms with Crippen molar-refractivity contribution in [1.29, 1.82) is 0 Å². The van der Waals surface area contributed by atoms with Gasteiger partial charge in [0.15, 0.2) is 0 Å². The first-order chi connectivity index (χ1) is 8.63. The van der Waals surface area contributed by atoms with Crippen molar-refractivity contribution in [3.8, 4) is 11.4 Å². The van der Waals surface area contributed by atoms with Gasteiger partial charge in [0.05, 0.1) is 16.7 Å². The molecule has 0 aliphatic rings. The quantitative estimate of drug-likeness (QED) is 0.685. The van der Waals surface area contributed by atoms with Gasteiger partial charge >= 0.3 is 0 Å². The summed E-state index contributed by atoms with van der Waals surface area (Å²) in [4.78, 5) is 12.0. The fourth-order valence-electron chi connectivity index (χ4n) is 2.19.